The summed E-state index contributed by atoms with van der Waals surface area (Å²) in [5.74, 6) is -0.235. The second kappa shape index (κ2) is 5.23. The first-order chi connectivity index (χ1) is 8.65. The zero-order valence-corrected chi connectivity index (χ0v) is 11.4. The van der Waals surface area contributed by atoms with Crippen molar-refractivity contribution in [2.24, 2.45) is 0 Å². The van der Waals surface area contributed by atoms with E-state index in [4.69, 9.17) is 5.26 Å². The minimum Gasteiger partial charge on any atom is -0.469 e. The first kappa shape index (κ1) is 12.7. The molecule has 1 heterocycles. The third-order valence-electron chi connectivity index (χ3n) is 2.75. The van der Waals surface area contributed by atoms with E-state index in [1.807, 2.05) is 22.9 Å². The number of nitriles is 1. The fraction of sp³-hybridized carbons (Fsp3) is 0.231. The Kier molecular flexibility index (Phi) is 3.68. The molecule has 0 N–H and O–H groups in total. The Balaban J connectivity index is 2.35. The molecule has 1 aromatic carbocycles. The lowest BCUT2D eigenvalue weighted by Crippen LogP contribution is -2.06. The molecule has 0 aliphatic carbocycles. The number of rotatable bonds is 3. The normalized spacial score (nSPS) is 10.3. The van der Waals surface area contributed by atoms with Gasteiger partial charge in [-0.2, -0.15) is 5.26 Å². The molecule has 4 nitrogen and oxygen atoms in total. The van der Waals surface area contributed by atoms with Crippen LogP contribution in [-0.4, -0.2) is 17.6 Å². The van der Waals surface area contributed by atoms with Crippen molar-refractivity contribution in [3.05, 3.63) is 34.4 Å². The first-order valence-electron chi connectivity index (χ1n) is 5.41. The summed E-state index contributed by atoms with van der Waals surface area (Å²) >= 11 is 3.46. The molecule has 0 spiro atoms. The van der Waals surface area contributed by atoms with Gasteiger partial charge in [0.15, 0.2) is 0 Å². The molecule has 2 aromatic rings. The number of halogens is 1. The molecule has 0 bridgehead atoms. The number of carbonyl (C=O) groups excluding carboxylic acids is 1. The molecular weight excluding hydrogens is 296 g/mol. The Morgan fingerprint density at radius 2 is 2.33 bits per heavy atom. The highest BCUT2D eigenvalue weighted by Crippen LogP contribution is 2.27. The number of aryl methyl sites for hydroxylation is 1. The highest BCUT2D eigenvalue weighted by Gasteiger charge is 2.09. The van der Waals surface area contributed by atoms with Crippen molar-refractivity contribution in [3.8, 4) is 6.07 Å². The van der Waals surface area contributed by atoms with E-state index < -0.39 is 0 Å². The summed E-state index contributed by atoms with van der Waals surface area (Å²) in [6.45, 7) is 0.556. The lowest BCUT2D eigenvalue weighted by Gasteiger charge is -2.04. The van der Waals surface area contributed by atoms with Crippen LogP contribution >= 0.6 is 15.9 Å². The Morgan fingerprint density at radius 1 is 1.56 bits per heavy atom. The standard InChI is InChI=1S/C13H11BrN2O2/c1-18-13(17)4-5-16-8-11(14)10-6-9(7-15)2-3-12(10)16/h2-3,6,8H,4-5H2,1H3. The van der Waals surface area contributed by atoms with E-state index in [-0.39, 0.29) is 5.97 Å². The maximum absolute atomic E-state index is 11.1. The largest absolute Gasteiger partial charge is 0.469 e. The number of hydrogen-bond acceptors (Lipinski definition) is 3. The lowest BCUT2D eigenvalue weighted by atomic mass is 10.2. The van der Waals surface area contributed by atoms with Gasteiger partial charge in [0.2, 0.25) is 0 Å². The SMILES string of the molecule is COC(=O)CCn1cc(Br)c2cc(C#N)ccc21. The maximum atomic E-state index is 11.1. The molecule has 2 rings (SSSR count). The quantitative estimate of drug-likeness (QED) is 0.819. The highest BCUT2D eigenvalue weighted by atomic mass is 79.9. The lowest BCUT2D eigenvalue weighted by molar-refractivity contribution is -0.140. The molecule has 1 aromatic heterocycles. The van der Waals surface area contributed by atoms with Crippen LogP contribution in [0.2, 0.25) is 0 Å². The van der Waals surface area contributed by atoms with Gasteiger partial charge in [-0.05, 0) is 34.1 Å². The van der Waals surface area contributed by atoms with Crippen LogP contribution in [0.25, 0.3) is 10.9 Å². The number of esters is 1. The van der Waals surface area contributed by atoms with Crippen molar-refractivity contribution in [2.45, 2.75) is 13.0 Å². The minimum absolute atomic E-state index is 0.235. The van der Waals surface area contributed by atoms with Crippen LogP contribution in [0.5, 0.6) is 0 Å². The predicted molar refractivity (Wildman–Crippen MR) is 71.0 cm³/mol. The van der Waals surface area contributed by atoms with Crippen molar-refractivity contribution in [1.29, 1.82) is 5.26 Å². The van der Waals surface area contributed by atoms with E-state index in [2.05, 4.69) is 26.7 Å². The van der Waals surface area contributed by atoms with Gasteiger partial charge >= 0.3 is 5.97 Å². The van der Waals surface area contributed by atoms with Gasteiger partial charge in [0.25, 0.3) is 0 Å². The second-order valence-corrected chi connectivity index (χ2v) is 4.69. The van der Waals surface area contributed by atoms with Crippen molar-refractivity contribution in [1.82, 2.24) is 4.57 Å². The van der Waals surface area contributed by atoms with Gasteiger partial charge in [0.1, 0.15) is 0 Å². The Morgan fingerprint density at radius 3 is 3.00 bits per heavy atom. The summed E-state index contributed by atoms with van der Waals surface area (Å²) < 4.78 is 7.51. The zero-order chi connectivity index (χ0) is 13.1. The molecule has 92 valence electrons. The minimum atomic E-state index is -0.235. The van der Waals surface area contributed by atoms with Crippen LogP contribution < -0.4 is 0 Å². The predicted octanol–water partition coefficient (Wildman–Crippen LogP) is 2.84. The van der Waals surface area contributed by atoms with Crippen molar-refractivity contribution < 1.29 is 9.53 Å². The number of fused-ring (bicyclic) bond motifs is 1. The van der Waals surface area contributed by atoms with Crippen LogP contribution in [0.4, 0.5) is 0 Å². The number of benzene rings is 1. The Bertz CT molecular complexity index is 640. The number of hydrogen-bond donors (Lipinski definition) is 0. The van der Waals surface area contributed by atoms with Crippen molar-refractivity contribution in [3.63, 3.8) is 0 Å². The van der Waals surface area contributed by atoms with Gasteiger partial charge < -0.3 is 9.30 Å². The smallest absolute Gasteiger partial charge is 0.307 e. The zero-order valence-electron chi connectivity index (χ0n) is 9.81. The van der Waals surface area contributed by atoms with Gasteiger partial charge in [0.05, 0.1) is 25.2 Å². The number of nitrogens with zero attached hydrogens (tertiary/aromatic N) is 2. The molecule has 0 fully saturated rings. The van der Waals surface area contributed by atoms with E-state index in [9.17, 15) is 4.79 Å². The molecule has 0 aliphatic rings. The van der Waals surface area contributed by atoms with E-state index in [0.717, 1.165) is 15.4 Å². The molecular formula is C13H11BrN2O2. The van der Waals surface area contributed by atoms with E-state index in [1.165, 1.54) is 7.11 Å². The molecule has 5 heteroatoms. The number of aromatic nitrogens is 1. The third kappa shape index (κ3) is 2.39. The van der Waals surface area contributed by atoms with Crippen LogP contribution in [0.15, 0.2) is 28.9 Å². The molecule has 0 saturated carbocycles. The van der Waals surface area contributed by atoms with Gasteiger partial charge in [-0.25, -0.2) is 0 Å². The molecule has 0 unspecified atom stereocenters. The number of methoxy groups -OCH3 is 1. The van der Waals surface area contributed by atoms with Crippen LogP contribution in [0.1, 0.15) is 12.0 Å². The monoisotopic (exact) mass is 306 g/mol. The molecule has 0 atom stereocenters. The molecule has 18 heavy (non-hydrogen) atoms. The fourth-order valence-corrected chi connectivity index (χ4v) is 2.39. The Labute approximate surface area is 113 Å². The summed E-state index contributed by atoms with van der Waals surface area (Å²) in [5, 5.41) is 9.84. The van der Waals surface area contributed by atoms with Crippen molar-refractivity contribution in [2.75, 3.05) is 7.11 Å². The molecule has 0 aliphatic heterocycles. The fourth-order valence-electron chi connectivity index (χ4n) is 1.82. The van der Waals surface area contributed by atoms with Crippen LogP contribution in [0, 0.1) is 11.3 Å². The first-order valence-corrected chi connectivity index (χ1v) is 6.20. The summed E-state index contributed by atoms with van der Waals surface area (Å²) in [4.78, 5) is 11.1. The van der Waals surface area contributed by atoms with E-state index in [1.54, 1.807) is 6.07 Å². The topological polar surface area (TPSA) is 55.0 Å². The van der Waals surface area contributed by atoms with Crippen LogP contribution in [-0.2, 0) is 16.1 Å². The molecule has 0 amide bonds. The van der Waals surface area contributed by atoms with Gasteiger partial charge in [0, 0.05) is 28.1 Å². The van der Waals surface area contributed by atoms with Crippen molar-refractivity contribution >= 4 is 32.8 Å². The third-order valence-corrected chi connectivity index (χ3v) is 3.38. The summed E-state index contributed by atoms with van der Waals surface area (Å²) in [5.41, 5.74) is 1.61. The van der Waals surface area contributed by atoms with E-state index >= 15 is 0 Å². The highest BCUT2D eigenvalue weighted by molar-refractivity contribution is 9.10. The van der Waals surface area contributed by atoms with Gasteiger partial charge in [-0.15, -0.1) is 0 Å². The number of ether oxygens (including phenoxy) is 1. The average Bonchev–Trinajstić information content (AvgIpc) is 2.72. The maximum Gasteiger partial charge on any atom is 0.307 e. The summed E-state index contributed by atoms with van der Waals surface area (Å²) in [6.07, 6.45) is 2.24. The average molecular weight is 307 g/mol. The number of carbonyl (C=O) groups is 1. The molecule has 0 radical (unpaired) electrons. The second-order valence-electron chi connectivity index (χ2n) is 3.84. The van der Waals surface area contributed by atoms with Gasteiger partial charge in [-0.3, -0.25) is 4.79 Å². The van der Waals surface area contributed by atoms with Gasteiger partial charge in [-0.1, -0.05) is 0 Å². The summed E-state index contributed by atoms with van der Waals surface area (Å²) in [7, 11) is 1.38. The Hall–Kier alpha value is -1.80. The van der Waals surface area contributed by atoms with E-state index in [0.29, 0.717) is 18.5 Å². The summed E-state index contributed by atoms with van der Waals surface area (Å²) in [6, 6.07) is 7.59. The molecule has 0 saturated heterocycles. The van der Waals surface area contributed by atoms with Crippen LogP contribution in [0.3, 0.4) is 0 Å².